The van der Waals surface area contributed by atoms with Crippen LogP contribution in [0.25, 0.3) is 0 Å². The van der Waals surface area contributed by atoms with Crippen LogP contribution in [0, 0.1) is 0 Å². The molecular formula is C9H12N2O3S. The lowest BCUT2D eigenvalue weighted by molar-refractivity contribution is 0.246. The fraction of sp³-hybridized carbons (Fsp3) is 0.444. The lowest BCUT2D eigenvalue weighted by atomic mass is 10.3. The molecule has 0 spiro atoms. The lowest BCUT2D eigenvalue weighted by Gasteiger charge is -2.13. The van der Waals surface area contributed by atoms with E-state index < -0.39 is 15.6 Å². The third-order valence-corrected chi connectivity index (χ3v) is 4.02. The van der Waals surface area contributed by atoms with Crippen LogP contribution in [-0.2, 0) is 10.0 Å². The molecular weight excluding hydrogens is 216 g/mol. The molecule has 5 nitrogen and oxygen atoms in total. The molecule has 1 aromatic heterocycles. The van der Waals surface area contributed by atoms with Crippen molar-refractivity contribution in [3.63, 3.8) is 0 Å². The van der Waals surface area contributed by atoms with Gasteiger partial charge >= 0.3 is 0 Å². The Hall–Kier alpha value is -0.980. The molecule has 1 aliphatic rings. The number of pyridine rings is 1. The zero-order chi connectivity index (χ0) is 10.9. The van der Waals surface area contributed by atoms with E-state index in [0.717, 1.165) is 0 Å². The highest BCUT2D eigenvalue weighted by Crippen LogP contribution is 2.36. The summed E-state index contributed by atoms with van der Waals surface area (Å²) in [6.07, 6.45) is 4.17. The van der Waals surface area contributed by atoms with Crippen molar-refractivity contribution in [3.05, 3.63) is 24.5 Å². The van der Waals surface area contributed by atoms with Crippen molar-refractivity contribution < 1.29 is 13.5 Å². The highest BCUT2D eigenvalue weighted by molar-refractivity contribution is 7.89. The molecule has 0 radical (unpaired) electrons. The van der Waals surface area contributed by atoms with Gasteiger partial charge in [-0.15, -0.1) is 0 Å². The topological polar surface area (TPSA) is 79.3 Å². The Kier molecular flexibility index (Phi) is 2.49. The number of hydrogen-bond donors (Lipinski definition) is 2. The van der Waals surface area contributed by atoms with Gasteiger partial charge < -0.3 is 5.11 Å². The van der Waals surface area contributed by atoms with Gasteiger partial charge in [0.25, 0.3) is 0 Å². The number of nitrogens with one attached hydrogen (secondary N) is 1. The maximum atomic E-state index is 11.8. The first-order valence-electron chi connectivity index (χ1n) is 4.63. The monoisotopic (exact) mass is 228 g/mol. The Bertz CT molecular complexity index is 440. The average molecular weight is 228 g/mol. The first kappa shape index (κ1) is 10.5. The second-order valence-corrected chi connectivity index (χ2v) is 5.42. The van der Waals surface area contributed by atoms with Crippen LogP contribution < -0.4 is 4.72 Å². The third kappa shape index (κ3) is 2.17. The van der Waals surface area contributed by atoms with Crippen molar-refractivity contribution >= 4 is 10.0 Å². The number of hydrogen-bond acceptors (Lipinski definition) is 4. The molecule has 1 fully saturated rings. The van der Waals surface area contributed by atoms with Crippen molar-refractivity contribution in [2.24, 2.45) is 0 Å². The highest BCUT2D eigenvalue weighted by atomic mass is 32.2. The van der Waals surface area contributed by atoms with E-state index in [1.807, 2.05) is 0 Å². The fourth-order valence-corrected chi connectivity index (χ4v) is 2.71. The fourth-order valence-electron chi connectivity index (χ4n) is 1.29. The van der Waals surface area contributed by atoms with E-state index in [9.17, 15) is 8.42 Å². The zero-order valence-electron chi connectivity index (χ0n) is 8.05. The molecule has 0 bridgehead atoms. The quantitative estimate of drug-likeness (QED) is 0.753. The van der Waals surface area contributed by atoms with Crippen LogP contribution in [0.1, 0.15) is 12.8 Å². The summed E-state index contributed by atoms with van der Waals surface area (Å²) in [5.74, 6) is 0. The number of rotatable bonds is 4. The van der Waals surface area contributed by atoms with Crippen LogP contribution >= 0.6 is 0 Å². The van der Waals surface area contributed by atoms with Crippen molar-refractivity contribution in [2.45, 2.75) is 23.3 Å². The van der Waals surface area contributed by atoms with E-state index in [4.69, 9.17) is 5.11 Å². The van der Waals surface area contributed by atoms with E-state index in [1.54, 1.807) is 6.07 Å². The standard InChI is InChI=1S/C9H12N2O3S/c12-7-9(3-4-9)11-15(13,14)8-2-1-5-10-6-8/h1-2,5-6,11-12H,3-4,7H2. The summed E-state index contributed by atoms with van der Waals surface area (Å²) in [5, 5.41) is 9.02. The molecule has 0 amide bonds. The van der Waals surface area contributed by atoms with Crippen LogP contribution in [0.5, 0.6) is 0 Å². The van der Waals surface area contributed by atoms with Gasteiger partial charge in [0.2, 0.25) is 10.0 Å². The summed E-state index contributed by atoms with van der Waals surface area (Å²) in [7, 11) is -3.54. The van der Waals surface area contributed by atoms with Gasteiger partial charge in [-0.3, -0.25) is 4.98 Å². The Labute approximate surface area is 88.2 Å². The molecule has 1 aliphatic carbocycles. The summed E-state index contributed by atoms with van der Waals surface area (Å²) in [5.41, 5.74) is -0.630. The smallest absolute Gasteiger partial charge is 0.242 e. The third-order valence-electron chi connectivity index (χ3n) is 2.45. The normalized spacial score (nSPS) is 18.7. The molecule has 1 heterocycles. The predicted octanol–water partition coefficient (Wildman–Crippen LogP) is -0.115. The van der Waals surface area contributed by atoms with Gasteiger partial charge in [-0.2, -0.15) is 0 Å². The van der Waals surface area contributed by atoms with Crippen LogP contribution in [0.3, 0.4) is 0 Å². The second-order valence-electron chi connectivity index (χ2n) is 3.73. The summed E-state index contributed by atoms with van der Waals surface area (Å²) in [6.45, 7) is -0.160. The van der Waals surface area contributed by atoms with E-state index in [0.29, 0.717) is 12.8 Å². The molecule has 82 valence electrons. The molecule has 0 atom stereocenters. The van der Waals surface area contributed by atoms with E-state index in [1.165, 1.54) is 18.5 Å². The van der Waals surface area contributed by atoms with Gasteiger partial charge in [-0.25, -0.2) is 13.1 Å². The zero-order valence-corrected chi connectivity index (χ0v) is 8.87. The highest BCUT2D eigenvalue weighted by Gasteiger charge is 2.45. The largest absolute Gasteiger partial charge is 0.394 e. The van der Waals surface area contributed by atoms with Crippen LogP contribution in [0.4, 0.5) is 0 Å². The average Bonchev–Trinajstić information content (AvgIpc) is 2.99. The minimum absolute atomic E-state index is 0.129. The maximum Gasteiger partial charge on any atom is 0.242 e. The van der Waals surface area contributed by atoms with E-state index in [2.05, 4.69) is 9.71 Å². The second kappa shape index (κ2) is 3.55. The van der Waals surface area contributed by atoms with Crippen molar-refractivity contribution in [1.29, 1.82) is 0 Å². The molecule has 2 rings (SSSR count). The Morgan fingerprint density at radius 1 is 1.53 bits per heavy atom. The predicted molar refractivity (Wildman–Crippen MR) is 53.6 cm³/mol. The van der Waals surface area contributed by atoms with E-state index in [-0.39, 0.29) is 11.5 Å². The summed E-state index contributed by atoms with van der Waals surface area (Å²) >= 11 is 0. The SMILES string of the molecule is O=S(=O)(NC1(CO)CC1)c1cccnc1. The molecule has 6 heteroatoms. The molecule has 0 aliphatic heterocycles. The Morgan fingerprint density at radius 2 is 2.27 bits per heavy atom. The molecule has 0 saturated heterocycles. The minimum Gasteiger partial charge on any atom is -0.394 e. The van der Waals surface area contributed by atoms with Gasteiger partial charge in [-0.1, -0.05) is 0 Å². The number of sulfonamides is 1. The van der Waals surface area contributed by atoms with Gasteiger partial charge in [0.05, 0.1) is 12.1 Å². The van der Waals surface area contributed by atoms with Crippen LogP contribution in [0.2, 0.25) is 0 Å². The van der Waals surface area contributed by atoms with Gasteiger partial charge in [0, 0.05) is 12.4 Å². The first-order valence-corrected chi connectivity index (χ1v) is 6.11. The summed E-state index contributed by atoms with van der Waals surface area (Å²) in [4.78, 5) is 3.87. The molecule has 1 aromatic rings. The maximum absolute atomic E-state index is 11.8. The van der Waals surface area contributed by atoms with Gasteiger partial charge in [0.15, 0.2) is 0 Å². The number of aliphatic hydroxyl groups is 1. The number of nitrogens with zero attached hydrogens (tertiary/aromatic N) is 1. The lowest BCUT2D eigenvalue weighted by Crippen LogP contribution is -2.39. The molecule has 0 aromatic carbocycles. The Balaban J connectivity index is 2.22. The van der Waals surface area contributed by atoms with Crippen molar-refractivity contribution in [1.82, 2.24) is 9.71 Å². The minimum atomic E-state index is -3.54. The summed E-state index contributed by atoms with van der Waals surface area (Å²) in [6, 6.07) is 3.04. The molecule has 1 saturated carbocycles. The number of aromatic nitrogens is 1. The van der Waals surface area contributed by atoms with Crippen molar-refractivity contribution in [3.8, 4) is 0 Å². The van der Waals surface area contributed by atoms with Gasteiger partial charge in [0.1, 0.15) is 4.90 Å². The van der Waals surface area contributed by atoms with Crippen LogP contribution in [0.15, 0.2) is 29.4 Å². The van der Waals surface area contributed by atoms with Gasteiger partial charge in [-0.05, 0) is 25.0 Å². The number of aliphatic hydroxyl groups excluding tert-OH is 1. The summed E-state index contributed by atoms with van der Waals surface area (Å²) < 4.78 is 26.1. The first-order chi connectivity index (χ1) is 7.08. The molecule has 15 heavy (non-hydrogen) atoms. The van der Waals surface area contributed by atoms with E-state index >= 15 is 0 Å². The van der Waals surface area contributed by atoms with Crippen molar-refractivity contribution in [2.75, 3.05) is 6.61 Å². The Morgan fingerprint density at radius 3 is 2.73 bits per heavy atom. The molecule has 0 unspecified atom stereocenters. The van der Waals surface area contributed by atoms with Crippen LogP contribution in [-0.4, -0.2) is 30.7 Å². The molecule has 2 N–H and O–H groups in total.